The van der Waals surface area contributed by atoms with Crippen LogP contribution in [0.15, 0.2) is 78.9 Å². The average molecular weight is 499 g/mol. The topological polar surface area (TPSA) is 134 Å². The summed E-state index contributed by atoms with van der Waals surface area (Å²) in [5.41, 5.74) is 14.6. The van der Waals surface area contributed by atoms with E-state index in [9.17, 15) is 18.0 Å². The quantitative estimate of drug-likeness (QED) is 0.343. The maximum Gasteiger partial charge on any atom is 0.453 e. The molecule has 0 radical (unpaired) electrons. The number of rotatable bonds is 6. The molecule has 5 N–H and O–H groups in total. The van der Waals surface area contributed by atoms with Crippen molar-refractivity contribution in [3.63, 3.8) is 0 Å². The summed E-state index contributed by atoms with van der Waals surface area (Å²) in [5.74, 6) is -1.16. The molecule has 1 amide bonds. The van der Waals surface area contributed by atoms with Gasteiger partial charge in [-0.15, -0.1) is 5.10 Å². The van der Waals surface area contributed by atoms with Crippen LogP contribution in [0, 0.1) is 0 Å². The number of carbonyl (C=O) groups excluding carboxylic acids is 1. The van der Waals surface area contributed by atoms with Crippen molar-refractivity contribution in [2.45, 2.75) is 25.9 Å². The molecule has 36 heavy (non-hydrogen) atoms. The van der Waals surface area contributed by atoms with Gasteiger partial charge in [0.2, 0.25) is 0 Å². The monoisotopic (exact) mass is 499 g/mol. The number of anilines is 1. The molecule has 4 aromatic rings. The van der Waals surface area contributed by atoms with Gasteiger partial charge in [0.25, 0.3) is 5.82 Å². The molecule has 0 aliphatic rings. The molecule has 9 nitrogen and oxygen atoms in total. The number of ether oxygens (including phenoxy) is 1. The number of aromatic nitrogens is 4. The molecule has 0 saturated heterocycles. The number of nitrogens with one attached hydrogen (secondary N) is 1. The summed E-state index contributed by atoms with van der Waals surface area (Å²) in [4.78, 5) is 11.5. The molecule has 0 aliphatic carbocycles. The molecule has 0 fully saturated rings. The van der Waals surface area contributed by atoms with Crippen molar-refractivity contribution in [2.24, 2.45) is 5.73 Å². The van der Waals surface area contributed by atoms with Crippen LogP contribution in [0.5, 0.6) is 0 Å². The Labute approximate surface area is 204 Å². The van der Waals surface area contributed by atoms with Gasteiger partial charge in [0.1, 0.15) is 6.61 Å². The summed E-state index contributed by atoms with van der Waals surface area (Å²) in [6, 6.07) is 23.2. The number of halogens is 3. The van der Waals surface area contributed by atoms with Crippen LogP contribution in [0.2, 0.25) is 0 Å². The summed E-state index contributed by atoms with van der Waals surface area (Å²) in [7, 11) is 0. The highest BCUT2D eigenvalue weighted by molar-refractivity contribution is 5.67. The molecule has 1 aromatic heterocycles. The second-order valence-electron chi connectivity index (χ2n) is 7.45. The standard InChI is InChI=1S/C15H16N2O2.C9H8F3N5/c16-14-8-4-7-13(9-14)10-17-15(18)19-11-12-5-2-1-3-6-12;10-9(11,12)8-14-15-16-17(8)7-3-1-2-6(4-7)5-13/h1-9H,10-11,16H2,(H,17,18);1-4H,5,13H2. The molecule has 1 heterocycles. The van der Waals surface area contributed by atoms with E-state index in [0.717, 1.165) is 11.1 Å². The second-order valence-corrected chi connectivity index (χ2v) is 7.45. The molecule has 3 aromatic carbocycles. The molecule has 0 unspecified atom stereocenters. The molecule has 0 bridgehead atoms. The van der Waals surface area contributed by atoms with Crippen LogP contribution in [-0.2, 0) is 30.6 Å². The van der Waals surface area contributed by atoms with Gasteiger partial charge in [-0.05, 0) is 51.4 Å². The zero-order valence-corrected chi connectivity index (χ0v) is 19.0. The van der Waals surface area contributed by atoms with E-state index in [-0.39, 0.29) is 18.8 Å². The number of amides is 1. The molecule has 4 rings (SSSR count). The van der Waals surface area contributed by atoms with Crippen LogP contribution in [0.25, 0.3) is 5.69 Å². The fourth-order valence-corrected chi connectivity index (χ4v) is 3.00. The Morgan fingerprint density at radius 3 is 2.33 bits per heavy atom. The summed E-state index contributed by atoms with van der Waals surface area (Å²) < 4.78 is 43.4. The maximum atomic E-state index is 12.6. The van der Waals surface area contributed by atoms with Gasteiger partial charge in [-0.1, -0.05) is 54.6 Å². The molecule has 188 valence electrons. The third kappa shape index (κ3) is 7.81. The molecular weight excluding hydrogens is 475 g/mol. The van der Waals surface area contributed by atoms with Gasteiger partial charge in [0.05, 0.1) is 5.69 Å². The molecule has 0 saturated carbocycles. The van der Waals surface area contributed by atoms with E-state index in [2.05, 4.69) is 20.8 Å². The predicted molar refractivity (Wildman–Crippen MR) is 126 cm³/mol. The Kier molecular flexibility index (Phi) is 8.95. The summed E-state index contributed by atoms with van der Waals surface area (Å²) in [5, 5.41) is 12.0. The van der Waals surface area contributed by atoms with Crippen LogP contribution in [0.3, 0.4) is 0 Å². The largest absolute Gasteiger partial charge is 0.453 e. The number of carbonyl (C=O) groups is 1. The van der Waals surface area contributed by atoms with Crippen LogP contribution in [0.1, 0.15) is 22.5 Å². The van der Waals surface area contributed by atoms with Gasteiger partial charge < -0.3 is 21.5 Å². The van der Waals surface area contributed by atoms with Crippen LogP contribution in [-0.4, -0.2) is 26.3 Å². The zero-order valence-electron chi connectivity index (χ0n) is 19.0. The lowest BCUT2D eigenvalue weighted by Gasteiger charge is -2.07. The summed E-state index contributed by atoms with van der Waals surface area (Å²) >= 11 is 0. The lowest BCUT2D eigenvalue weighted by Crippen LogP contribution is -2.23. The van der Waals surface area contributed by atoms with Crippen LogP contribution in [0.4, 0.5) is 23.7 Å². The maximum absolute atomic E-state index is 12.6. The van der Waals surface area contributed by atoms with E-state index in [1.807, 2.05) is 48.5 Å². The Bertz CT molecular complexity index is 1260. The number of alkyl carbamates (subject to hydrolysis) is 1. The first kappa shape index (κ1) is 26.2. The highest BCUT2D eigenvalue weighted by Gasteiger charge is 2.38. The number of nitrogens with two attached hydrogens (primary N) is 2. The number of nitrogens with zero attached hydrogens (tertiary/aromatic N) is 4. The minimum atomic E-state index is -4.60. The van der Waals surface area contributed by atoms with Gasteiger partial charge in [0, 0.05) is 18.8 Å². The van der Waals surface area contributed by atoms with Gasteiger partial charge in [-0.3, -0.25) is 0 Å². The van der Waals surface area contributed by atoms with Crippen molar-refractivity contribution in [3.05, 3.63) is 101 Å². The number of hydrogen-bond donors (Lipinski definition) is 3. The molecule has 0 aliphatic heterocycles. The number of hydrogen-bond acceptors (Lipinski definition) is 7. The van der Waals surface area contributed by atoms with Gasteiger partial charge >= 0.3 is 12.3 Å². The highest BCUT2D eigenvalue weighted by atomic mass is 19.4. The van der Waals surface area contributed by atoms with E-state index in [1.165, 1.54) is 12.1 Å². The average Bonchev–Trinajstić information content (AvgIpc) is 3.38. The van der Waals surface area contributed by atoms with Crippen molar-refractivity contribution < 1.29 is 22.7 Å². The lowest BCUT2D eigenvalue weighted by molar-refractivity contribution is -0.146. The lowest BCUT2D eigenvalue weighted by atomic mass is 10.2. The molecule has 0 spiro atoms. The first-order chi connectivity index (χ1) is 17.3. The molecule has 12 heteroatoms. The Morgan fingerprint density at radius 2 is 1.64 bits per heavy atom. The third-order valence-electron chi connectivity index (χ3n) is 4.71. The van der Waals surface area contributed by atoms with Crippen LogP contribution >= 0.6 is 0 Å². The fourth-order valence-electron chi connectivity index (χ4n) is 3.00. The minimum absolute atomic E-state index is 0.227. The molecular formula is C24H24F3N7O2. The smallest absolute Gasteiger partial charge is 0.445 e. The van der Waals surface area contributed by atoms with E-state index in [4.69, 9.17) is 16.2 Å². The van der Waals surface area contributed by atoms with Crippen molar-refractivity contribution in [1.29, 1.82) is 0 Å². The SMILES string of the molecule is NCc1cccc(-n2nnnc2C(F)(F)F)c1.Nc1cccc(CNC(=O)OCc2ccccc2)c1. The van der Waals surface area contributed by atoms with E-state index < -0.39 is 18.1 Å². The van der Waals surface area contributed by atoms with Crippen molar-refractivity contribution >= 4 is 11.8 Å². The van der Waals surface area contributed by atoms with E-state index in [0.29, 0.717) is 22.5 Å². The van der Waals surface area contributed by atoms with Gasteiger partial charge in [-0.25, -0.2) is 4.79 Å². The van der Waals surface area contributed by atoms with Crippen molar-refractivity contribution in [3.8, 4) is 5.69 Å². The zero-order chi connectivity index (χ0) is 26.0. The van der Waals surface area contributed by atoms with Gasteiger partial charge in [0.15, 0.2) is 0 Å². The van der Waals surface area contributed by atoms with Crippen LogP contribution < -0.4 is 16.8 Å². The fraction of sp³-hybridized carbons (Fsp3) is 0.167. The minimum Gasteiger partial charge on any atom is -0.445 e. The third-order valence-corrected chi connectivity index (χ3v) is 4.71. The second kappa shape index (κ2) is 12.3. The number of benzene rings is 3. The molecule has 0 atom stereocenters. The Balaban J connectivity index is 0.000000202. The summed E-state index contributed by atoms with van der Waals surface area (Å²) in [6.07, 6.45) is -5.03. The van der Waals surface area contributed by atoms with Gasteiger partial charge in [-0.2, -0.15) is 17.9 Å². The number of alkyl halides is 3. The van der Waals surface area contributed by atoms with Crippen molar-refractivity contribution in [2.75, 3.05) is 5.73 Å². The predicted octanol–water partition coefficient (Wildman–Crippen LogP) is 3.84. The Morgan fingerprint density at radius 1 is 0.944 bits per heavy atom. The first-order valence-corrected chi connectivity index (χ1v) is 10.7. The highest BCUT2D eigenvalue weighted by Crippen LogP contribution is 2.28. The Hall–Kier alpha value is -4.45. The number of nitrogen functional groups attached to an aromatic ring is 1. The first-order valence-electron chi connectivity index (χ1n) is 10.7. The van der Waals surface area contributed by atoms with E-state index >= 15 is 0 Å². The van der Waals surface area contributed by atoms with Crippen molar-refractivity contribution in [1.82, 2.24) is 25.5 Å². The normalized spacial score (nSPS) is 10.8. The van der Waals surface area contributed by atoms with E-state index in [1.54, 1.807) is 18.2 Å². The number of tetrazole rings is 1. The summed E-state index contributed by atoms with van der Waals surface area (Å²) in [6.45, 7) is 0.902.